The first-order chi connectivity index (χ1) is 21.7. The molecule has 5 heterocycles. The fraction of sp³-hybridized carbons (Fsp3) is 0.419. The van der Waals surface area contributed by atoms with Crippen LogP contribution in [0.5, 0.6) is 0 Å². The first-order valence-corrected chi connectivity index (χ1v) is 15.0. The molecule has 3 amide bonds. The molecule has 13 nitrogen and oxygen atoms in total. The average molecular weight is 619 g/mol. The van der Waals surface area contributed by atoms with Crippen LogP contribution in [0.4, 0.5) is 16.0 Å². The second-order valence-corrected chi connectivity index (χ2v) is 11.0. The van der Waals surface area contributed by atoms with Crippen LogP contribution in [0.3, 0.4) is 0 Å². The van der Waals surface area contributed by atoms with Gasteiger partial charge in [0.05, 0.1) is 16.8 Å². The number of amides is 3. The minimum Gasteiger partial charge on any atom is -0.355 e. The van der Waals surface area contributed by atoms with E-state index in [1.165, 1.54) is 33.2 Å². The third kappa shape index (κ3) is 6.89. The lowest BCUT2D eigenvalue weighted by atomic mass is 10.1. The van der Waals surface area contributed by atoms with Crippen molar-refractivity contribution in [3.8, 4) is 0 Å². The van der Waals surface area contributed by atoms with Crippen molar-refractivity contribution in [1.82, 2.24) is 29.3 Å². The number of carbonyl (C=O) groups excluding carboxylic acids is 3. The fourth-order valence-corrected chi connectivity index (χ4v) is 5.55. The van der Waals surface area contributed by atoms with Crippen molar-refractivity contribution in [2.75, 3.05) is 31.1 Å². The van der Waals surface area contributed by atoms with Gasteiger partial charge in [0.2, 0.25) is 17.8 Å². The Bertz CT molecular complexity index is 1750. The number of carbonyl (C=O) groups is 3. The molecule has 5 rings (SSSR count). The summed E-state index contributed by atoms with van der Waals surface area (Å²) >= 11 is 0. The summed E-state index contributed by atoms with van der Waals surface area (Å²) in [5.74, 6) is -0.648. The number of likely N-dealkylation sites (tertiary alicyclic amines) is 1. The Balaban J connectivity index is 1.41. The Hall–Kier alpha value is -5.01. The minimum atomic E-state index is -0.701. The summed E-state index contributed by atoms with van der Waals surface area (Å²) < 4.78 is 16.1. The van der Waals surface area contributed by atoms with Gasteiger partial charge in [-0.05, 0) is 43.5 Å². The van der Waals surface area contributed by atoms with Crippen molar-refractivity contribution in [3.63, 3.8) is 0 Å². The molecule has 0 spiro atoms. The molecule has 3 aromatic heterocycles. The van der Waals surface area contributed by atoms with E-state index in [0.29, 0.717) is 55.0 Å². The molecule has 2 aliphatic rings. The van der Waals surface area contributed by atoms with Gasteiger partial charge >= 0.3 is 5.69 Å². The van der Waals surface area contributed by atoms with E-state index in [4.69, 9.17) is 0 Å². The van der Waals surface area contributed by atoms with Gasteiger partial charge in [-0.1, -0.05) is 6.92 Å². The molecule has 2 aliphatic heterocycles. The number of aromatic nitrogens is 4. The van der Waals surface area contributed by atoms with E-state index >= 15 is 0 Å². The largest absolute Gasteiger partial charge is 0.355 e. The van der Waals surface area contributed by atoms with Crippen molar-refractivity contribution in [2.24, 2.45) is 4.99 Å². The van der Waals surface area contributed by atoms with Crippen LogP contribution in [0.2, 0.25) is 0 Å². The molecule has 0 unspecified atom stereocenters. The smallest absolute Gasteiger partial charge is 0.332 e. The molecular weight excluding hydrogens is 583 g/mol. The maximum Gasteiger partial charge on any atom is 0.332 e. The normalized spacial score (nSPS) is 14.0. The SMILES string of the molecule is CCCn1c(=O)c2c(n(CCNC(C)=O)c1=O)N=C(c1ccc(N(CCCN3CCCC3=O)C(=O)c3ccc(F)nc3)nc1)C2. The Morgan fingerprint density at radius 3 is 2.49 bits per heavy atom. The number of fused-ring (bicyclic) bond motifs is 1. The first-order valence-electron chi connectivity index (χ1n) is 15.0. The third-order valence-electron chi connectivity index (χ3n) is 7.79. The molecular formula is C31H35FN8O5. The first kappa shape index (κ1) is 31.4. The highest BCUT2D eigenvalue weighted by molar-refractivity contribution is 6.07. The quantitative estimate of drug-likeness (QED) is 0.304. The van der Waals surface area contributed by atoms with Gasteiger partial charge in [0.15, 0.2) is 0 Å². The third-order valence-corrected chi connectivity index (χ3v) is 7.79. The molecule has 1 N–H and O–H groups in total. The zero-order valence-corrected chi connectivity index (χ0v) is 25.3. The van der Waals surface area contributed by atoms with Gasteiger partial charge in [-0.3, -0.25) is 33.2 Å². The lowest BCUT2D eigenvalue weighted by Crippen LogP contribution is -2.42. The van der Waals surface area contributed by atoms with Gasteiger partial charge in [-0.25, -0.2) is 19.8 Å². The van der Waals surface area contributed by atoms with Crippen molar-refractivity contribution in [1.29, 1.82) is 0 Å². The molecule has 0 saturated carbocycles. The second-order valence-electron chi connectivity index (χ2n) is 11.0. The number of nitrogens with one attached hydrogen (secondary N) is 1. The zero-order chi connectivity index (χ0) is 32.1. The molecule has 0 radical (unpaired) electrons. The van der Waals surface area contributed by atoms with Crippen molar-refractivity contribution in [3.05, 3.63) is 80.1 Å². The molecule has 14 heteroatoms. The summed E-state index contributed by atoms with van der Waals surface area (Å²) in [6.07, 6.45) is 5.36. The molecule has 236 valence electrons. The number of nitrogens with zero attached hydrogens (tertiary/aromatic N) is 7. The van der Waals surface area contributed by atoms with E-state index in [2.05, 4.69) is 20.3 Å². The average Bonchev–Trinajstić information content (AvgIpc) is 3.66. The van der Waals surface area contributed by atoms with Crippen LogP contribution >= 0.6 is 0 Å². The lowest BCUT2D eigenvalue weighted by Gasteiger charge is -2.23. The predicted molar refractivity (Wildman–Crippen MR) is 164 cm³/mol. The van der Waals surface area contributed by atoms with Crippen molar-refractivity contribution >= 4 is 35.1 Å². The van der Waals surface area contributed by atoms with Crippen LogP contribution in [-0.2, 0) is 29.1 Å². The number of rotatable bonds is 12. The van der Waals surface area contributed by atoms with Crippen LogP contribution in [0.1, 0.15) is 61.0 Å². The Labute approximate surface area is 258 Å². The Morgan fingerprint density at radius 2 is 1.84 bits per heavy atom. The summed E-state index contributed by atoms with van der Waals surface area (Å²) in [5.41, 5.74) is 0.853. The van der Waals surface area contributed by atoms with Gasteiger partial charge in [0.1, 0.15) is 11.6 Å². The Morgan fingerprint density at radius 1 is 1.02 bits per heavy atom. The summed E-state index contributed by atoms with van der Waals surface area (Å²) in [6.45, 7) is 5.32. The van der Waals surface area contributed by atoms with Gasteiger partial charge in [0, 0.05) is 77.0 Å². The van der Waals surface area contributed by atoms with E-state index in [1.54, 1.807) is 23.2 Å². The summed E-state index contributed by atoms with van der Waals surface area (Å²) in [4.78, 5) is 79.5. The second kappa shape index (κ2) is 13.7. The number of hydrogen-bond donors (Lipinski definition) is 1. The molecule has 0 aromatic carbocycles. The van der Waals surface area contributed by atoms with Crippen LogP contribution in [0, 0.1) is 5.95 Å². The van der Waals surface area contributed by atoms with Gasteiger partial charge in [-0.15, -0.1) is 0 Å². The van der Waals surface area contributed by atoms with Crippen molar-refractivity contribution < 1.29 is 18.8 Å². The summed E-state index contributed by atoms with van der Waals surface area (Å²) in [7, 11) is 0. The minimum absolute atomic E-state index is 0.0958. The highest BCUT2D eigenvalue weighted by atomic mass is 19.1. The predicted octanol–water partition coefficient (Wildman–Crippen LogP) is 1.82. The molecule has 0 aliphatic carbocycles. The molecule has 1 fully saturated rings. The van der Waals surface area contributed by atoms with E-state index < -0.39 is 23.1 Å². The molecule has 45 heavy (non-hydrogen) atoms. The highest BCUT2D eigenvalue weighted by Crippen LogP contribution is 2.26. The van der Waals surface area contributed by atoms with Crippen LogP contribution in [0.15, 0.2) is 51.2 Å². The lowest BCUT2D eigenvalue weighted by molar-refractivity contribution is -0.127. The topological polar surface area (TPSA) is 152 Å². The number of hydrogen-bond acceptors (Lipinski definition) is 8. The molecule has 0 atom stereocenters. The summed E-state index contributed by atoms with van der Waals surface area (Å²) in [6, 6.07) is 5.88. The molecule has 0 bridgehead atoms. The van der Waals surface area contributed by atoms with Gasteiger partial charge in [-0.2, -0.15) is 4.39 Å². The fourth-order valence-electron chi connectivity index (χ4n) is 5.55. The van der Waals surface area contributed by atoms with E-state index in [1.807, 2.05) is 6.92 Å². The number of anilines is 1. The van der Waals surface area contributed by atoms with E-state index in [-0.39, 0.29) is 55.8 Å². The van der Waals surface area contributed by atoms with Crippen LogP contribution in [0.25, 0.3) is 0 Å². The maximum atomic E-state index is 13.5. The zero-order valence-electron chi connectivity index (χ0n) is 25.3. The standard InChI is InChI=1S/C31H35FN8O5/c1-3-12-40-30(44)23-17-24(36-28(23)39(31(40)45)16-11-33-20(2)41)21-8-10-26(35-18-21)38(15-5-14-37-13-4-6-27(37)42)29(43)22-7-9-25(32)34-19-22/h7-10,18-19H,3-6,11-17H2,1-2H3,(H,33,41). The van der Waals surface area contributed by atoms with Crippen LogP contribution in [-0.4, -0.2) is 73.6 Å². The number of halogens is 1. The monoisotopic (exact) mass is 618 g/mol. The highest BCUT2D eigenvalue weighted by Gasteiger charge is 2.27. The van der Waals surface area contributed by atoms with E-state index in [9.17, 15) is 28.4 Å². The maximum absolute atomic E-state index is 13.5. The molecule has 3 aromatic rings. The summed E-state index contributed by atoms with van der Waals surface area (Å²) in [5, 5.41) is 2.68. The van der Waals surface area contributed by atoms with Gasteiger partial charge in [0.25, 0.3) is 11.5 Å². The van der Waals surface area contributed by atoms with Crippen molar-refractivity contribution in [2.45, 2.75) is 59.0 Å². The van der Waals surface area contributed by atoms with Crippen LogP contribution < -0.4 is 21.5 Å². The Kier molecular flexibility index (Phi) is 9.59. The number of pyridine rings is 2. The number of aliphatic imine (C=N–C) groups is 1. The van der Waals surface area contributed by atoms with E-state index in [0.717, 1.165) is 12.5 Å². The van der Waals surface area contributed by atoms with Gasteiger partial charge < -0.3 is 10.2 Å². The molecule has 1 saturated heterocycles.